The summed E-state index contributed by atoms with van der Waals surface area (Å²) >= 11 is 0. The van der Waals surface area contributed by atoms with Gasteiger partial charge in [0.15, 0.2) is 5.82 Å². The van der Waals surface area contributed by atoms with Crippen molar-refractivity contribution in [1.82, 2.24) is 14.9 Å². The van der Waals surface area contributed by atoms with Gasteiger partial charge >= 0.3 is 0 Å². The van der Waals surface area contributed by atoms with Gasteiger partial charge in [0.1, 0.15) is 5.75 Å². The smallest absolute Gasteiger partial charge is 0.154 e. The minimum Gasteiger partial charge on any atom is -0.495 e. The van der Waals surface area contributed by atoms with Crippen molar-refractivity contribution >= 4 is 28.1 Å². The Bertz CT molecular complexity index is 973. The number of methoxy groups -OCH3 is 1. The van der Waals surface area contributed by atoms with Crippen molar-refractivity contribution in [2.24, 2.45) is 0 Å². The number of anilines is 2. The lowest BCUT2D eigenvalue weighted by atomic mass is 10.1. The van der Waals surface area contributed by atoms with Gasteiger partial charge in [0.05, 0.1) is 31.5 Å². The summed E-state index contributed by atoms with van der Waals surface area (Å²) in [5, 5.41) is 4.53. The van der Waals surface area contributed by atoms with Gasteiger partial charge in [0, 0.05) is 42.1 Å². The van der Waals surface area contributed by atoms with Crippen LogP contribution in [-0.2, 0) is 4.74 Å². The highest BCUT2D eigenvalue weighted by molar-refractivity contribution is 6.00. The number of H-pyrrole nitrogens is 1. The lowest BCUT2D eigenvalue weighted by molar-refractivity contribution is 0.0641. The average molecular weight is 364 g/mol. The third-order valence-electron chi connectivity index (χ3n) is 4.97. The van der Waals surface area contributed by atoms with Crippen molar-refractivity contribution < 1.29 is 9.47 Å². The fourth-order valence-electron chi connectivity index (χ4n) is 3.51. The Morgan fingerprint density at radius 3 is 2.85 bits per heavy atom. The van der Waals surface area contributed by atoms with E-state index >= 15 is 0 Å². The van der Waals surface area contributed by atoms with Crippen LogP contribution in [0.2, 0.25) is 0 Å². The van der Waals surface area contributed by atoms with Crippen LogP contribution in [0.3, 0.4) is 0 Å². The number of nitrogens with one attached hydrogen (secondary N) is 2. The number of ether oxygens (including phenoxy) is 2. The fourth-order valence-corrected chi connectivity index (χ4v) is 3.51. The summed E-state index contributed by atoms with van der Waals surface area (Å²) in [6.07, 6.45) is 3.91. The second kappa shape index (κ2) is 7.32. The van der Waals surface area contributed by atoms with Crippen LogP contribution in [-0.4, -0.2) is 48.3 Å². The first-order chi connectivity index (χ1) is 13.2. The van der Waals surface area contributed by atoms with Gasteiger partial charge in [0.25, 0.3) is 0 Å². The Morgan fingerprint density at radius 1 is 1.30 bits per heavy atom. The van der Waals surface area contributed by atoms with Crippen LogP contribution in [0.15, 0.2) is 43.2 Å². The summed E-state index contributed by atoms with van der Waals surface area (Å²) in [5.74, 6) is 1.54. The lowest BCUT2D eigenvalue weighted by Crippen LogP contribution is -2.34. The molecular formula is C21H24N4O2. The van der Waals surface area contributed by atoms with Crippen LogP contribution in [0.4, 0.5) is 11.5 Å². The van der Waals surface area contributed by atoms with Crippen LogP contribution >= 0.6 is 0 Å². The number of benzene rings is 1. The summed E-state index contributed by atoms with van der Waals surface area (Å²) in [6.45, 7) is 9.60. The zero-order chi connectivity index (χ0) is 18.8. The number of hydrogen-bond donors (Lipinski definition) is 2. The molecule has 0 spiro atoms. The number of morpholine rings is 1. The van der Waals surface area contributed by atoms with E-state index in [0.29, 0.717) is 0 Å². The van der Waals surface area contributed by atoms with Crippen LogP contribution in [0, 0.1) is 6.92 Å². The molecule has 0 aliphatic carbocycles. The van der Waals surface area contributed by atoms with Gasteiger partial charge in [0.2, 0.25) is 0 Å². The zero-order valence-corrected chi connectivity index (χ0v) is 15.7. The maximum Gasteiger partial charge on any atom is 0.154 e. The Hall–Kier alpha value is -2.99. The molecule has 6 heteroatoms. The Morgan fingerprint density at radius 2 is 2.07 bits per heavy atom. The molecule has 1 saturated heterocycles. The molecule has 1 aliphatic heterocycles. The van der Waals surface area contributed by atoms with Crippen molar-refractivity contribution in [3.63, 3.8) is 0 Å². The summed E-state index contributed by atoms with van der Waals surface area (Å²) in [6, 6.07) is 7.81. The Kier molecular flexibility index (Phi) is 4.73. The number of para-hydroxylation sites is 2. The number of fused-ring (bicyclic) bond motifs is 1. The van der Waals surface area contributed by atoms with E-state index < -0.39 is 0 Å². The van der Waals surface area contributed by atoms with Gasteiger partial charge in [-0.1, -0.05) is 18.7 Å². The molecule has 4 rings (SSSR count). The van der Waals surface area contributed by atoms with Crippen molar-refractivity contribution in [2.75, 3.05) is 38.7 Å². The number of aromatic amines is 1. The molecule has 140 valence electrons. The largest absolute Gasteiger partial charge is 0.495 e. The van der Waals surface area contributed by atoms with E-state index in [2.05, 4.69) is 28.7 Å². The lowest BCUT2D eigenvalue weighted by Gasteiger charge is -2.31. The minimum atomic E-state index is 0.731. The molecule has 3 heterocycles. The van der Waals surface area contributed by atoms with E-state index in [0.717, 1.165) is 65.7 Å². The number of rotatable bonds is 5. The molecule has 2 N–H and O–H groups in total. The van der Waals surface area contributed by atoms with E-state index in [4.69, 9.17) is 14.5 Å². The number of hydrogen-bond acceptors (Lipinski definition) is 5. The Labute approximate surface area is 158 Å². The maximum atomic E-state index is 5.46. The first-order valence-electron chi connectivity index (χ1n) is 9.07. The average Bonchev–Trinajstić information content (AvgIpc) is 3.11. The molecule has 1 aliphatic rings. The first kappa shape index (κ1) is 17.4. The SMILES string of the molecule is C=C(c1cnc(Nc2ccccc2OC)c2[nH]cc(C)c12)N1CCOCC1. The molecule has 0 radical (unpaired) electrons. The number of pyridine rings is 1. The number of aromatic nitrogens is 2. The summed E-state index contributed by atoms with van der Waals surface area (Å²) < 4.78 is 10.9. The van der Waals surface area contributed by atoms with Gasteiger partial charge in [-0.25, -0.2) is 4.98 Å². The van der Waals surface area contributed by atoms with Crippen LogP contribution in [0.1, 0.15) is 11.1 Å². The van der Waals surface area contributed by atoms with E-state index in [-0.39, 0.29) is 0 Å². The Balaban J connectivity index is 1.74. The van der Waals surface area contributed by atoms with Crippen molar-refractivity contribution in [1.29, 1.82) is 0 Å². The standard InChI is InChI=1S/C21H24N4O2/c1-14-12-22-20-19(14)16(15(2)25-8-10-27-11-9-25)13-23-21(20)24-17-6-4-5-7-18(17)26-3/h4-7,12-13,22H,2,8-11H2,1,3H3,(H,23,24). The van der Waals surface area contributed by atoms with Gasteiger partial charge < -0.3 is 24.7 Å². The first-order valence-corrected chi connectivity index (χ1v) is 9.07. The van der Waals surface area contributed by atoms with Crippen molar-refractivity contribution in [3.8, 4) is 5.75 Å². The monoisotopic (exact) mass is 364 g/mol. The molecule has 27 heavy (non-hydrogen) atoms. The molecule has 0 amide bonds. The topological polar surface area (TPSA) is 62.4 Å². The van der Waals surface area contributed by atoms with Crippen LogP contribution in [0.25, 0.3) is 16.6 Å². The molecule has 2 aromatic heterocycles. The van der Waals surface area contributed by atoms with Crippen LogP contribution < -0.4 is 10.1 Å². The quantitative estimate of drug-likeness (QED) is 0.718. The molecule has 1 fully saturated rings. The van der Waals surface area contributed by atoms with Gasteiger partial charge in [-0.2, -0.15) is 0 Å². The fraction of sp³-hybridized carbons (Fsp3) is 0.286. The third-order valence-corrected chi connectivity index (χ3v) is 4.97. The second-order valence-corrected chi connectivity index (χ2v) is 6.61. The molecule has 3 aromatic rings. The van der Waals surface area contributed by atoms with Gasteiger partial charge in [-0.3, -0.25) is 0 Å². The molecule has 0 saturated carbocycles. The normalized spacial score (nSPS) is 14.4. The van der Waals surface area contributed by atoms with Gasteiger partial charge in [-0.15, -0.1) is 0 Å². The zero-order valence-electron chi connectivity index (χ0n) is 15.7. The van der Waals surface area contributed by atoms with E-state index in [1.54, 1.807) is 7.11 Å². The summed E-state index contributed by atoms with van der Waals surface area (Å²) in [5.41, 5.74) is 5.05. The third kappa shape index (κ3) is 3.24. The summed E-state index contributed by atoms with van der Waals surface area (Å²) in [4.78, 5) is 10.3. The molecule has 0 atom stereocenters. The highest BCUT2D eigenvalue weighted by atomic mass is 16.5. The van der Waals surface area contributed by atoms with Gasteiger partial charge in [-0.05, 0) is 24.6 Å². The maximum absolute atomic E-state index is 5.46. The predicted molar refractivity (Wildman–Crippen MR) is 109 cm³/mol. The van der Waals surface area contributed by atoms with E-state index in [1.807, 2.05) is 36.7 Å². The number of aryl methyl sites for hydroxylation is 1. The highest BCUT2D eigenvalue weighted by Crippen LogP contribution is 2.34. The second-order valence-electron chi connectivity index (χ2n) is 6.61. The number of nitrogens with zero attached hydrogens (tertiary/aromatic N) is 2. The minimum absolute atomic E-state index is 0.731. The van der Waals surface area contributed by atoms with E-state index in [9.17, 15) is 0 Å². The van der Waals surface area contributed by atoms with Crippen molar-refractivity contribution in [2.45, 2.75) is 6.92 Å². The molecule has 0 unspecified atom stereocenters. The molecule has 0 bridgehead atoms. The van der Waals surface area contributed by atoms with Crippen molar-refractivity contribution in [3.05, 3.63) is 54.4 Å². The van der Waals surface area contributed by atoms with E-state index in [1.165, 1.54) is 5.56 Å². The molecule has 1 aromatic carbocycles. The summed E-state index contributed by atoms with van der Waals surface area (Å²) in [7, 11) is 1.66. The highest BCUT2D eigenvalue weighted by Gasteiger charge is 2.19. The molecular weight excluding hydrogens is 340 g/mol. The predicted octanol–water partition coefficient (Wildman–Crippen LogP) is 3.93. The van der Waals surface area contributed by atoms with Crippen LogP contribution in [0.5, 0.6) is 5.75 Å². The molecule has 6 nitrogen and oxygen atoms in total.